The number of carbonyl (C=O) groups excluding carboxylic acids is 1. The molecule has 1 aliphatic carbocycles. The Labute approximate surface area is 182 Å². The van der Waals surface area contributed by atoms with Crippen LogP contribution in [0.15, 0.2) is 48.5 Å². The van der Waals surface area contributed by atoms with Crippen molar-refractivity contribution in [2.45, 2.75) is 37.7 Å². The lowest BCUT2D eigenvalue weighted by Gasteiger charge is -2.28. The fourth-order valence-corrected chi connectivity index (χ4v) is 3.70. The molecule has 2 aromatic rings. The van der Waals surface area contributed by atoms with Gasteiger partial charge in [-0.3, -0.25) is 20.2 Å². The Balaban J connectivity index is 1.60. The van der Waals surface area contributed by atoms with Gasteiger partial charge in [0.1, 0.15) is 6.10 Å². The van der Waals surface area contributed by atoms with E-state index in [0.29, 0.717) is 12.8 Å². The van der Waals surface area contributed by atoms with Gasteiger partial charge in [-0.25, -0.2) is 9.59 Å². The van der Waals surface area contributed by atoms with Crippen molar-refractivity contribution in [3.63, 3.8) is 0 Å². The highest BCUT2D eigenvalue weighted by molar-refractivity contribution is 5.91. The summed E-state index contributed by atoms with van der Waals surface area (Å²) < 4.78 is 5.46. The SMILES string of the molecule is O=C(O)/C=C/c1ccc(C2CCC(OC(=O)c3cc([N+](=O)[O-])cc([N+](=O)[O-])c3)CC2)cc1. The highest BCUT2D eigenvalue weighted by Crippen LogP contribution is 2.35. The molecule has 166 valence electrons. The summed E-state index contributed by atoms with van der Waals surface area (Å²) in [5.74, 6) is -1.57. The lowest BCUT2D eigenvalue weighted by atomic mass is 9.82. The molecule has 0 atom stereocenters. The van der Waals surface area contributed by atoms with Crippen LogP contribution in [0.2, 0.25) is 0 Å². The number of nitro benzene ring substituents is 2. The molecule has 1 aliphatic rings. The van der Waals surface area contributed by atoms with E-state index in [4.69, 9.17) is 9.84 Å². The van der Waals surface area contributed by atoms with Crippen LogP contribution in [-0.4, -0.2) is 33.0 Å². The molecule has 0 saturated heterocycles. The van der Waals surface area contributed by atoms with E-state index in [1.165, 1.54) is 6.08 Å². The zero-order chi connectivity index (χ0) is 23.3. The van der Waals surface area contributed by atoms with Crippen molar-refractivity contribution in [2.75, 3.05) is 0 Å². The molecule has 1 fully saturated rings. The maximum absolute atomic E-state index is 12.4. The molecule has 0 heterocycles. The first-order valence-electron chi connectivity index (χ1n) is 9.88. The molecule has 10 nitrogen and oxygen atoms in total. The van der Waals surface area contributed by atoms with Gasteiger partial charge in [0.2, 0.25) is 0 Å². The van der Waals surface area contributed by atoms with Gasteiger partial charge in [-0.1, -0.05) is 24.3 Å². The van der Waals surface area contributed by atoms with Gasteiger partial charge in [0, 0.05) is 18.2 Å². The Kier molecular flexibility index (Phi) is 6.93. The van der Waals surface area contributed by atoms with Crippen molar-refractivity contribution >= 4 is 29.4 Å². The Bertz CT molecular complexity index is 1040. The number of esters is 1. The quantitative estimate of drug-likeness (QED) is 0.286. The number of rotatable bonds is 7. The smallest absolute Gasteiger partial charge is 0.338 e. The zero-order valence-corrected chi connectivity index (χ0v) is 16.9. The molecule has 2 aromatic carbocycles. The van der Waals surface area contributed by atoms with Crippen LogP contribution in [0.5, 0.6) is 0 Å². The van der Waals surface area contributed by atoms with Crippen LogP contribution in [0.3, 0.4) is 0 Å². The second-order valence-electron chi connectivity index (χ2n) is 7.47. The van der Waals surface area contributed by atoms with Crippen molar-refractivity contribution in [2.24, 2.45) is 0 Å². The van der Waals surface area contributed by atoms with E-state index in [2.05, 4.69) is 0 Å². The average molecular weight is 440 g/mol. The minimum absolute atomic E-state index is 0.224. The van der Waals surface area contributed by atoms with Crippen molar-refractivity contribution in [1.82, 2.24) is 0 Å². The Hall–Kier alpha value is -4.08. The number of ether oxygens (including phenoxy) is 1. The summed E-state index contributed by atoms with van der Waals surface area (Å²) in [5, 5.41) is 30.7. The molecule has 0 unspecified atom stereocenters. The molecule has 0 radical (unpaired) electrons. The summed E-state index contributed by atoms with van der Waals surface area (Å²) in [4.78, 5) is 43.5. The molecule has 1 N–H and O–H groups in total. The summed E-state index contributed by atoms with van der Waals surface area (Å²) in [7, 11) is 0. The average Bonchev–Trinajstić information content (AvgIpc) is 2.78. The fourth-order valence-electron chi connectivity index (χ4n) is 3.70. The third-order valence-electron chi connectivity index (χ3n) is 5.33. The molecule has 0 spiro atoms. The van der Waals surface area contributed by atoms with Crippen LogP contribution in [-0.2, 0) is 9.53 Å². The van der Waals surface area contributed by atoms with E-state index in [9.17, 15) is 29.8 Å². The Morgan fingerprint density at radius 1 is 0.938 bits per heavy atom. The number of benzene rings is 2. The summed E-state index contributed by atoms with van der Waals surface area (Å²) in [6, 6.07) is 10.3. The largest absolute Gasteiger partial charge is 0.478 e. The van der Waals surface area contributed by atoms with Gasteiger partial charge < -0.3 is 9.84 Å². The van der Waals surface area contributed by atoms with Crippen LogP contribution >= 0.6 is 0 Å². The Morgan fingerprint density at radius 2 is 1.50 bits per heavy atom. The number of carbonyl (C=O) groups is 2. The van der Waals surface area contributed by atoms with E-state index in [0.717, 1.165) is 48.2 Å². The van der Waals surface area contributed by atoms with Crippen molar-refractivity contribution in [1.29, 1.82) is 0 Å². The number of hydrogen-bond donors (Lipinski definition) is 1. The minimum atomic E-state index is -1.01. The molecule has 0 amide bonds. The fraction of sp³-hybridized carbons (Fsp3) is 0.273. The molecule has 0 aliphatic heterocycles. The number of carboxylic acids is 1. The third kappa shape index (κ3) is 5.75. The van der Waals surface area contributed by atoms with Gasteiger partial charge in [-0.05, 0) is 48.8 Å². The summed E-state index contributed by atoms with van der Waals surface area (Å²) in [6.45, 7) is 0. The number of non-ortho nitro benzene ring substituents is 2. The topological polar surface area (TPSA) is 150 Å². The first kappa shape index (κ1) is 22.6. The number of nitro groups is 2. The molecular weight excluding hydrogens is 420 g/mol. The number of carboxylic acid groups (broad SMARTS) is 1. The number of hydrogen-bond acceptors (Lipinski definition) is 7. The van der Waals surface area contributed by atoms with Gasteiger partial charge in [-0.15, -0.1) is 0 Å². The predicted molar refractivity (Wildman–Crippen MR) is 113 cm³/mol. The summed E-state index contributed by atoms with van der Waals surface area (Å²) >= 11 is 0. The van der Waals surface area contributed by atoms with Crippen LogP contribution in [0.25, 0.3) is 6.08 Å². The lowest BCUT2D eigenvalue weighted by molar-refractivity contribution is -0.394. The van der Waals surface area contributed by atoms with Crippen molar-refractivity contribution < 1.29 is 29.3 Å². The van der Waals surface area contributed by atoms with E-state index in [1.54, 1.807) is 0 Å². The van der Waals surface area contributed by atoms with Crippen LogP contribution < -0.4 is 0 Å². The lowest BCUT2D eigenvalue weighted by Crippen LogP contribution is -2.24. The van der Waals surface area contributed by atoms with Gasteiger partial charge >= 0.3 is 11.9 Å². The molecule has 3 rings (SSSR count). The second kappa shape index (κ2) is 9.82. The van der Waals surface area contributed by atoms with E-state index in [-0.39, 0.29) is 17.6 Å². The summed E-state index contributed by atoms with van der Waals surface area (Å²) in [6.07, 6.45) is 4.91. The van der Waals surface area contributed by atoms with Gasteiger partial charge in [-0.2, -0.15) is 0 Å². The number of aliphatic carboxylic acids is 1. The Morgan fingerprint density at radius 3 is 2.00 bits per heavy atom. The molecule has 0 bridgehead atoms. The van der Waals surface area contributed by atoms with Crippen LogP contribution in [0.1, 0.15) is 53.1 Å². The highest BCUT2D eigenvalue weighted by Gasteiger charge is 2.27. The van der Waals surface area contributed by atoms with Gasteiger partial charge in [0.15, 0.2) is 0 Å². The third-order valence-corrected chi connectivity index (χ3v) is 5.33. The van der Waals surface area contributed by atoms with Crippen LogP contribution in [0.4, 0.5) is 11.4 Å². The molecule has 1 saturated carbocycles. The van der Waals surface area contributed by atoms with Gasteiger partial charge in [0.05, 0.1) is 21.5 Å². The summed E-state index contributed by atoms with van der Waals surface area (Å²) in [5.41, 5.74) is 0.576. The molecular formula is C22H20N2O8. The zero-order valence-electron chi connectivity index (χ0n) is 16.9. The van der Waals surface area contributed by atoms with Crippen LogP contribution in [0, 0.1) is 20.2 Å². The predicted octanol–water partition coefficient (Wildman–Crippen LogP) is 4.48. The first-order chi connectivity index (χ1) is 15.2. The standard InChI is InChI=1S/C22H20N2O8/c25-21(26)10-3-14-1-4-15(5-2-14)16-6-8-20(9-7-16)32-22(27)17-11-18(23(28)29)13-19(12-17)24(30)31/h1-5,10-13,16,20H,6-9H2,(H,25,26)/b10-3+. The maximum atomic E-state index is 12.4. The maximum Gasteiger partial charge on any atom is 0.338 e. The first-order valence-corrected chi connectivity index (χ1v) is 9.88. The van der Waals surface area contributed by atoms with E-state index < -0.39 is 33.2 Å². The van der Waals surface area contributed by atoms with Crippen molar-refractivity contribution in [3.05, 3.63) is 85.5 Å². The molecule has 32 heavy (non-hydrogen) atoms. The minimum Gasteiger partial charge on any atom is -0.478 e. The normalized spacial score (nSPS) is 18.2. The van der Waals surface area contributed by atoms with Crippen molar-refractivity contribution in [3.8, 4) is 0 Å². The van der Waals surface area contributed by atoms with E-state index >= 15 is 0 Å². The molecule has 10 heteroatoms. The van der Waals surface area contributed by atoms with Gasteiger partial charge in [0.25, 0.3) is 11.4 Å². The monoisotopic (exact) mass is 440 g/mol. The second-order valence-corrected chi connectivity index (χ2v) is 7.47. The highest BCUT2D eigenvalue weighted by atomic mass is 16.6. The number of nitrogens with zero attached hydrogens (tertiary/aromatic N) is 2. The van der Waals surface area contributed by atoms with E-state index in [1.807, 2.05) is 24.3 Å². The molecule has 0 aromatic heterocycles.